The molecule has 1 saturated carbocycles. The molecule has 12 heteroatoms. The zero-order chi connectivity index (χ0) is 17.5. The molecule has 0 N–H and O–H groups in total. The molecule has 2 aliphatic carbocycles. The van der Waals surface area contributed by atoms with Gasteiger partial charge in [-0.25, -0.2) is 17.6 Å². The molecule has 0 nitrogen and oxygen atoms in total. The molecule has 3 atom stereocenters. The van der Waals surface area contributed by atoms with Crippen LogP contribution in [0.15, 0.2) is 11.7 Å². The van der Waals surface area contributed by atoms with Crippen LogP contribution in [-0.2, 0) is 0 Å². The number of alkyl halides is 10. The Bertz CT molecular complexity index is 513. The van der Waals surface area contributed by atoms with Crippen molar-refractivity contribution in [3.8, 4) is 0 Å². The molecule has 2 rings (SSSR count). The van der Waals surface area contributed by atoms with Crippen molar-refractivity contribution >= 4 is 0 Å². The Morgan fingerprint density at radius 3 is 1.50 bits per heavy atom. The number of rotatable bonds is 1. The third kappa shape index (κ3) is 1.69. The van der Waals surface area contributed by atoms with Gasteiger partial charge in [-0.1, -0.05) is 0 Å². The van der Waals surface area contributed by atoms with Crippen LogP contribution >= 0.6 is 0 Å². The first-order valence-electron chi connectivity index (χ1n) is 5.48. The average Bonchev–Trinajstić information content (AvgIpc) is 2.48. The molecule has 0 amide bonds. The van der Waals surface area contributed by atoms with Crippen LogP contribution in [0.1, 0.15) is 6.42 Å². The van der Waals surface area contributed by atoms with Crippen molar-refractivity contribution in [3.63, 3.8) is 0 Å². The summed E-state index contributed by atoms with van der Waals surface area (Å²) in [6, 6.07) is 0. The minimum absolute atomic E-state index is 2.49. The number of allylic oxidation sites excluding steroid dienone is 2. The summed E-state index contributed by atoms with van der Waals surface area (Å²) in [6.45, 7) is 0. The van der Waals surface area contributed by atoms with E-state index < -0.39 is 59.5 Å². The second-order valence-corrected chi connectivity index (χ2v) is 5.09. The lowest BCUT2D eigenvalue weighted by Gasteiger charge is -2.35. The first-order chi connectivity index (χ1) is 9.53. The highest BCUT2D eigenvalue weighted by atomic mass is 19.4. The predicted octanol–water partition coefficient (Wildman–Crippen LogP) is 4.96. The Hall–Kier alpha value is -1.10. The summed E-state index contributed by atoms with van der Waals surface area (Å²) in [5.74, 6) is -20.7. The Kier molecular flexibility index (Phi) is 3.18. The lowest BCUT2D eigenvalue weighted by atomic mass is 9.78. The first-order valence-corrected chi connectivity index (χ1v) is 5.48. The summed E-state index contributed by atoms with van der Waals surface area (Å²) < 4.78 is 156. The molecular formula is C10H4F12. The predicted molar refractivity (Wildman–Crippen MR) is 45.6 cm³/mol. The molecule has 0 aromatic carbocycles. The molecule has 0 saturated heterocycles. The smallest absolute Gasteiger partial charge is 0.229 e. The third-order valence-electron chi connectivity index (χ3n) is 3.93. The Labute approximate surface area is 113 Å². The van der Waals surface area contributed by atoms with Crippen LogP contribution in [0.25, 0.3) is 0 Å². The van der Waals surface area contributed by atoms with Gasteiger partial charge in [0.2, 0.25) is 11.3 Å². The fourth-order valence-corrected chi connectivity index (χ4v) is 2.94. The number of hydrogen-bond acceptors (Lipinski definition) is 0. The SMILES string of the molecule is FC1=C(F)C2(F)C(C(C(F)(F)F)C(F)(F)F)CC1(F)C2(F)F. The summed E-state index contributed by atoms with van der Waals surface area (Å²) >= 11 is 0. The van der Waals surface area contributed by atoms with Crippen LogP contribution < -0.4 is 0 Å². The molecular weight excluding hydrogens is 348 g/mol. The largest absolute Gasteiger partial charge is 0.400 e. The summed E-state index contributed by atoms with van der Waals surface area (Å²) in [7, 11) is 0. The van der Waals surface area contributed by atoms with E-state index in [9.17, 15) is 52.7 Å². The van der Waals surface area contributed by atoms with E-state index in [-0.39, 0.29) is 0 Å². The average molecular weight is 352 g/mol. The van der Waals surface area contributed by atoms with Crippen LogP contribution in [0.4, 0.5) is 52.7 Å². The normalized spacial score (nSPS) is 38.3. The van der Waals surface area contributed by atoms with E-state index >= 15 is 0 Å². The maximum Gasteiger partial charge on any atom is 0.400 e. The van der Waals surface area contributed by atoms with E-state index in [0.717, 1.165) is 0 Å². The topological polar surface area (TPSA) is 0 Å². The van der Waals surface area contributed by atoms with Gasteiger partial charge in [-0.05, 0) is 0 Å². The zero-order valence-corrected chi connectivity index (χ0v) is 9.90. The number of fused-ring (bicyclic) bond motifs is 2. The lowest BCUT2D eigenvalue weighted by molar-refractivity contribution is -0.310. The molecule has 0 radical (unpaired) electrons. The van der Waals surface area contributed by atoms with E-state index in [1.54, 1.807) is 0 Å². The molecule has 22 heavy (non-hydrogen) atoms. The zero-order valence-electron chi connectivity index (χ0n) is 9.90. The molecule has 1 fully saturated rings. The van der Waals surface area contributed by atoms with Gasteiger partial charge < -0.3 is 0 Å². The second-order valence-electron chi connectivity index (χ2n) is 5.09. The fraction of sp³-hybridized carbons (Fsp3) is 0.800. The summed E-state index contributed by atoms with van der Waals surface area (Å²) in [6.07, 6.45) is -15.1. The van der Waals surface area contributed by atoms with E-state index in [4.69, 9.17) is 0 Å². The van der Waals surface area contributed by atoms with E-state index in [1.807, 2.05) is 0 Å². The third-order valence-corrected chi connectivity index (χ3v) is 3.93. The molecule has 0 aliphatic heterocycles. The van der Waals surface area contributed by atoms with E-state index in [1.165, 1.54) is 0 Å². The van der Waals surface area contributed by atoms with Gasteiger partial charge in [0.15, 0.2) is 17.6 Å². The van der Waals surface area contributed by atoms with Crippen molar-refractivity contribution in [2.45, 2.75) is 36.0 Å². The minimum atomic E-state index is -6.31. The van der Waals surface area contributed by atoms with Crippen LogP contribution in [0.2, 0.25) is 0 Å². The van der Waals surface area contributed by atoms with Crippen molar-refractivity contribution in [3.05, 3.63) is 11.7 Å². The van der Waals surface area contributed by atoms with Crippen LogP contribution in [0, 0.1) is 11.8 Å². The lowest BCUT2D eigenvalue weighted by Crippen LogP contribution is -2.53. The van der Waals surface area contributed by atoms with Gasteiger partial charge in [0, 0.05) is 12.3 Å². The van der Waals surface area contributed by atoms with Gasteiger partial charge in [-0.2, -0.15) is 35.1 Å². The van der Waals surface area contributed by atoms with Crippen molar-refractivity contribution in [1.82, 2.24) is 0 Å². The maximum atomic E-state index is 14.1. The van der Waals surface area contributed by atoms with E-state index in [0.29, 0.717) is 0 Å². The first kappa shape index (κ1) is 17.3. The summed E-state index contributed by atoms with van der Waals surface area (Å²) in [5, 5.41) is 0. The van der Waals surface area contributed by atoms with Crippen LogP contribution in [0.3, 0.4) is 0 Å². The molecule has 0 spiro atoms. The molecule has 0 aromatic heterocycles. The summed E-state index contributed by atoms with van der Waals surface area (Å²) in [4.78, 5) is 0. The Morgan fingerprint density at radius 1 is 0.818 bits per heavy atom. The molecule has 0 heterocycles. The number of halogens is 12. The fourth-order valence-electron chi connectivity index (χ4n) is 2.94. The van der Waals surface area contributed by atoms with Gasteiger partial charge in [-0.3, -0.25) is 0 Å². The van der Waals surface area contributed by atoms with E-state index in [2.05, 4.69) is 0 Å². The molecule has 2 bridgehead atoms. The molecule has 3 unspecified atom stereocenters. The Morgan fingerprint density at radius 2 is 1.23 bits per heavy atom. The molecule has 128 valence electrons. The highest BCUT2D eigenvalue weighted by molar-refractivity contribution is 5.45. The van der Waals surface area contributed by atoms with Crippen LogP contribution in [-0.4, -0.2) is 29.6 Å². The van der Waals surface area contributed by atoms with Gasteiger partial charge in [-0.15, -0.1) is 0 Å². The van der Waals surface area contributed by atoms with Crippen molar-refractivity contribution in [1.29, 1.82) is 0 Å². The van der Waals surface area contributed by atoms with Crippen molar-refractivity contribution in [2.75, 3.05) is 0 Å². The van der Waals surface area contributed by atoms with Crippen molar-refractivity contribution in [2.24, 2.45) is 11.8 Å². The summed E-state index contributed by atoms with van der Waals surface area (Å²) in [5.41, 5.74) is -10.2. The minimum Gasteiger partial charge on any atom is -0.229 e. The molecule has 2 aliphatic rings. The standard InChI is InChI=1S/C10H4F12/c11-4-5(12)7(14)2(1-6(4,13)10(7,21)22)3(8(15,16)17)9(18,19)20/h2-3H,1H2. The Balaban J connectivity index is 2.66. The quantitative estimate of drug-likeness (QED) is 0.585. The van der Waals surface area contributed by atoms with Gasteiger partial charge in [0.25, 0.3) is 0 Å². The van der Waals surface area contributed by atoms with Crippen LogP contribution in [0.5, 0.6) is 0 Å². The number of hydrogen-bond donors (Lipinski definition) is 0. The second kappa shape index (κ2) is 4.05. The van der Waals surface area contributed by atoms with Gasteiger partial charge >= 0.3 is 18.3 Å². The van der Waals surface area contributed by atoms with Gasteiger partial charge in [0.1, 0.15) is 0 Å². The van der Waals surface area contributed by atoms with Gasteiger partial charge in [0.05, 0.1) is 0 Å². The van der Waals surface area contributed by atoms with Crippen molar-refractivity contribution < 1.29 is 52.7 Å². The molecule has 0 aromatic rings. The maximum absolute atomic E-state index is 14.1. The highest BCUT2D eigenvalue weighted by Gasteiger charge is 2.89. The highest BCUT2D eigenvalue weighted by Crippen LogP contribution is 2.72. The monoisotopic (exact) mass is 352 g/mol.